The number of rotatable bonds is 12. The molecule has 0 fully saturated rings. The molecule has 0 bridgehead atoms. The van der Waals surface area contributed by atoms with Gasteiger partial charge in [-0.05, 0) is 42.7 Å². The quantitative estimate of drug-likeness (QED) is 0.394. The van der Waals surface area contributed by atoms with Crippen LogP contribution in [0.3, 0.4) is 0 Å². The first-order valence-electron chi connectivity index (χ1n) is 11.2. The van der Waals surface area contributed by atoms with E-state index in [4.69, 9.17) is 23.2 Å². The summed E-state index contributed by atoms with van der Waals surface area (Å²) in [6, 6.07) is 9.24. The average Bonchev–Trinajstić information content (AvgIpc) is 2.79. The van der Waals surface area contributed by atoms with Gasteiger partial charge in [0.1, 0.15) is 18.4 Å². The van der Waals surface area contributed by atoms with E-state index in [9.17, 15) is 22.4 Å². The molecule has 2 rings (SSSR count). The number of sulfonamides is 1. The van der Waals surface area contributed by atoms with E-state index in [1.54, 1.807) is 25.1 Å². The Morgan fingerprint density at radius 3 is 2.34 bits per heavy atom. The van der Waals surface area contributed by atoms with Gasteiger partial charge in [0, 0.05) is 13.1 Å². The third-order valence-corrected chi connectivity index (χ3v) is 7.22. The number of carbonyl (C=O) groups excluding carboxylic acids is 2. The van der Waals surface area contributed by atoms with Crippen molar-refractivity contribution in [1.29, 1.82) is 0 Å². The monoisotopic (exact) mass is 545 g/mol. The lowest BCUT2D eigenvalue weighted by atomic mass is 10.1. The summed E-state index contributed by atoms with van der Waals surface area (Å²) in [4.78, 5) is 27.8. The molecule has 0 heterocycles. The maximum atomic E-state index is 14.5. The number of anilines is 1. The van der Waals surface area contributed by atoms with Gasteiger partial charge in [-0.15, -0.1) is 0 Å². The largest absolute Gasteiger partial charge is 0.354 e. The van der Waals surface area contributed by atoms with Crippen molar-refractivity contribution in [1.82, 2.24) is 10.2 Å². The zero-order valence-corrected chi connectivity index (χ0v) is 22.3. The number of nitrogens with one attached hydrogen (secondary N) is 1. The lowest BCUT2D eigenvalue weighted by Gasteiger charge is -2.33. The summed E-state index contributed by atoms with van der Waals surface area (Å²) < 4.78 is 40.2. The summed E-state index contributed by atoms with van der Waals surface area (Å²) in [6.45, 7) is 3.49. The van der Waals surface area contributed by atoms with E-state index in [-0.39, 0.29) is 29.6 Å². The predicted molar refractivity (Wildman–Crippen MR) is 138 cm³/mol. The van der Waals surface area contributed by atoms with Gasteiger partial charge < -0.3 is 10.2 Å². The second kappa shape index (κ2) is 13.1. The van der Waals surface area contributed by atoms with Crippen molar-refractivity contribution in [2.24, 2.45) is 0 Å². The van der Waals surface area contributed by atoms with E-state index in [0.717, 1.165) is 25.2 Å². The Kier molecular flexibility index (Phi) is 10.8. The third kappa shape index (κ3) is 8.08. The van der Waals surface area contributed by atoms with Crippen LogP contribution in [0.1, 0.15) is 38.7 Å². The molecule has 0 saturated carbocycles. The van der Waals surface area contributed by atoms with Gasteiger partial charge >= 0.3 is 0 Å². The standard InChI is InChI=1S/C24H30Cl2FN3O4S/c1-4-6-13-28-24(32)21(5-2)29(15-17-11-12-18(25)19(26)14-17)23(31)16-30(35(3,33)34)22-10-8-7-9-20(22)27/h7-12,14,21H,4-6,13,15-16H2,1-3H3,(H,28,32). The van der Waals surface area contributed by atoms with E-state index >= 15 is 0 Å². The van der Waals surface area contributed by atoms with Crippen molar-refractivity contribution in [3.8, 4) is 0 Å². The summed E-state index contributed by atoms with van der Waals surface area (Å²) in [5, 5.41) is 3.44. The first-order chi connectivity index (χ1) is 16.5. The summed E-state index contributed by atoms with van der Waals surface area (Å²) in [6.07, 6.45) is 2.83. The molecule has 0 saturated heterocycles. The van der Waals surface area contributed by atoms with Crippen LogP contribution in [0.4, 0.5) is 10.1 Å². The molecule has 1 unspecified atom stereocenters. The molecule has 0 aliphatic carbocycles. The molecule has 35 heavy (non-hydrogen) atoms. The predicted octanol–water partition coefficient (Wildman–Crippen LogP) is 4.62. The summed E-state index contributed by atoms with van der Waals surface area (Å²) in [5.41, 5.74) is 0.350. The molecule has 11 heteroatoms. The van der Waals surface area contributed by atoms with Crippen LogP contribution in [-0.4, -0.2) is 50.5 Å². The molecule has 1 atom stereocenters. The maximum absolute atomic E-state index is 14.5. The fraction of sp³-hybridized carbons (Fsp3) is 0.417. The minimum atomic E-state index is -4.02. The average molecular weight is 546 g/mol. The van der Waals surface area contributed by atoms with Crippen molar-refractivity contribution in [3.63, 3.8) is 0 Å². The Morgan fingerprint density at radius 1 is 1.09 bits per heavy atom. The molecule has 0 spiro atoms. The van der Waals surface area contributed by atoms with Crippen LogP contribution in [0.15, 0.2) is 42.5 Å². The highest BCUT2D eigenvalue weighted by Crippen LogP contribution is 2.25. The highest BCUT2D eigenvalue weighted by molar-refractivity contribution is 7.92. The van der Waals surface area contributed by atoms with Gasteiger partial charge in [-0.1, -0.05) is 61.7 Å². The first kappa shape index (κ1) is 28.9. The SMILES string of the molecule is CCCCNC(=O)C(CC)N(Cc1ccc(Cl)c(Cl)c1)C(=O)CN(c1ccccc1F)S(C)(=O)=O. The lowest BCUT2D eigenvalue weighted by molar-refractivity contribution is -0.140. The highest BCUT2D eigenvalue weighted by atomic mass is 35.5. The molecular formula is C24H30Cl2FN3O4S. The first-order valence-corrected chi connectivity index (χ1v) is 13.8. The smallest absolute Gasteiger partial charge is 0.244 e. The number of hydrogen-bond donors (Lipinski definition) is 1. The van der Waals surface area contributed by atoms with Gasteiger partial charge in [-0.2, -0.15) is 0 Å². The Morgan fingerprint density at radius 2 is 1.77 bits per heavy atom. The van der Waals surface area contributed by atoms with Crippen molar-refractivity contribution in [2.75, 3.05) is 23.7 Å². The van der Waals surface area contributed by atoms with Gasteiger partial charge in [0.2, 0.25) is 21.8 Å². The van der Waals surface area contributed by atoms with Crippen LogP contribution in [0.25, 0.3) is 0 Å². The normalized spacial score (nSPS) is 12.2. The molecule has 0 radical (unpaired) electrons. The molecule has 2 amide bonds. The number of amides is 2. The number of unbranched alkanes of at least 4 members (excludes halogenated alkanes) is 1. The fourth-order valence-electron chi connectivity index (χ4n) is 3.51. The number of carbonyl (C=O) groups is 2. The number of benzene rings is 2. The third-order valence-electron chi connectivity index (χ3n) is 5.35. The molecule has 0 aromatic heterocycles. The molecule has 2 aromatic carbocycles. The zero-order valence-electron chi connectivity index (χ0n) is 19.9. The van der Waals surface area contributed by atoms with Crippen LogP contribution in [0, 0.1) is 5.82 Å². The van der Waals surface area contributed by atoms with E-state index in [2.05, 4.69) is 5.32 Å². The molecule has 1 N–H and O–H groups in total. The Labute approximate surface area is 216 Å². The van der Waals surface area contributed by atoms with Crippen LogP contribution < -0.4 is 9.62 Å². The van der Waals surface area contributed by atoms with Gasteiger partial charge in [-0.25, -0.2) is 12.8 Å². The molecule has 0 aliphatic rings. The highest BCUT2D eigenvalue weighted by Gasteiger charge is 2.32. The van der Waals surface area contributed by atoms with Gasteiger partial charge in [-0.3, -0.25) is 13.9 Å². The van der Waals surface area contributed by atoms with Crippen LogP contribution in [0.2, 0.25) is 10.0 Å². The second-order valence-electron chi connectivity index (χ2n) is 8.06. The summed E-state index contributed by atoms with van der Waals surface area (Å²) in [5.74, 6) is -1.81. The molecule has 192 valence electrons. The van der Waals surface area contributed by atoms with E-state index in [1.165, 1.54) is 23.1 Å². The number of hydrogen-bond acceptors (Lipinski definition) is 4. The van der Waals surface area contributed by atoms with Gasteiger partial charge in [0.25, 0.3) is 0 Å². The number of nitrogens with zero attached hydrogens (tertiary/aromatic N) is 2. The Hall–Kier alpha value is -2.36. The van der Waals surface area contributed by atoms with E-state index in [1.807, 2.05) is 6.92 Å². The van der Waals surface area contributed by atoms with Crippen LogP contribution in [-0.2, 0) is 26.2 Å². The van der Waals surface area contributed by atoms with E-state index < -0.39 is 34.3 Å². The topological polar surface area (TPSA) is 86.8 Å². The van der Waals surface area contributed by atoms with Crippen molar-refractivity contribution >= 4 is 50.7 Å². The van der Waals surface area contributed by atoms with E-state index in [0.29, 0.717) is 21.4 Å². The minimum absolute atomic E-state index is 0.0235. The second-order valence-corrected chi connectivity index (χ2v) is 10.8. The number of para-hydroxylation sites is 1. The Bertz CT molecular complexity index is 1150. The van der Waals surface area contributed by atoms with Crippen LogP contribution in [0.5, 0.6) is 0 Å². The summed E-state index contributed by atoms with van der Waals surface area (Å²) >= 11 is 12.1. The molecule has 7 nitrogen and oxygen atoms in total. The minimum Gasteiger partial charge on any atom is -0.354 e. The van der Waals surface area contributed by atoms with Crippen LogP contribution >= 0.6 is 23.2 Å². The molecule has 0 aliphatic heterocycles. The molecule has 2 aromatic rings. The fourth-order valence-corrected chi connectivity index (χ4v) is 4.68. The van der Waals surface area contributed by atoms with Crippen molar-refractivity contribution in [2.45, 2.75) is 45.7 Å². The lowest BCUT2D eigenvalue weighted by Crippen LogP contribution is -2.52. The van der Waals surface area contributed by atoms with Crippen molar-refractivity contribution in [3.05, 3.63) is 63.9 Å². The maximum Gasteiger partial charge on any atom is 0.244 e. The van der Waals surface area contributed by atoms with Crippen molar-refractivity contribution < 1.29 is 22.4 Å². The number of halogens is 3. The summed E-state index contributed by atoms with van der Waals surface area (Å²) in [7, 11) is -4.02. The van der Waals surface area contributed by atoms with Gasteiger partial charge in [0.05, 0.1) is 22.0 Å². The Balaban J connectivity index is 2.44. The molecular weight excluding hydrogens is 516 g/mol. The zero-order chi connectivity index (χ0) is 26.2. The van der Waals surface area contributed by atoms with Gasteiger partial charge in [0.15, 0.2) is 0 Å².